The summed E-state index contributed by atoms with van der Waals surface area (Å²) in [5, 5.41) is 18.7. The van der Waals surface area contributed by atoms with Crippen molar-refractivity contribution in [2.45, 2.75) is 12.7 Å². The van der Waals surface area contributed by atoms with E-state index in [1.807, 2.05) is 42.2 Å². The minimum absolute atomic E-state index is 0.0609. The number of aliphatic hydroxyl groups is 1. The van der Waals surface area contributed by atoms with Crippen LogP contribution in [0.5, 0.6) is 0 Å². The molecule has 0 aliphatic carbocycles. The fourth-order valence-corrected chi connectivity index (χ4v) is 1.49. The molecule has 0 radical (unpaired) electrons. The first-order valence-corrected chi connectivity index (χ1v) is 5.19. The van der Waals surface area contributed by atoms with E-state index in [-0.39, 0.29) is 12.5 Å². The van der Waals surface area contributed by atoms with E-state index in [0.29, 0.717) is 6.54 Å². The Bertz CT molecular complexity index is 279. The first-order valence-electron chi connectivity index (χ1n) is 5.19. The van der Waals surface area contributed by atoms with Gasteiger partial charge in [-0.2, -0.15) is 0 Å². The van der Waals surface area contributed by atoms with Crippen LogP contribution in [0.25, 0.3) is 0 Å². The van der Waals surface area contributed by atoms with Crippen molar-refractivity contribution < 1.29 is 10.1 Å². The van der Waals surface area contributed by atoms with Gasteiger partial charge in [-0.25, -0.2) is 0 Å². The highest BCUT2D eigenvalue weighted by Crippen LogP contribution is 2.15. The SMILES string of the molecule is CB(O)N(C)CC(CO)c1ccccc1. The molecule has 0 spiro atoms. The normalized spacial score (nSPS) is 12.9. The monoisotopic (exact) mass is 207 g/mol. The molecular formula is C11H18BNO2. The first kappa shape index (κ1) is 12.2. The lowest BCUT2D eigenvalue weighted by Gasteiger charge is -2.23. The van der Waals surface area contributed by atoms with Crippen LogP contribution in [0.15, 0.2) is 30.3 Å². The minimum atomic E-state index is -0.484. The summed E-state index contributed by atoms with van der Waals surface area (Å²) >= 11 is 0. The first-order chi connectivity index (χ1) is 7.15. The predicted molar refractivity (Wildman–Crippen MR) is 62.7 cm³/mol. The molecule has 1 aromatic carbocycles. The molecule has 0 heterocycles. The molecule has 0 aliphatic rings. The Morgan fingerprint density at radius 1 is 1.33 bits per heavy atom. The third-order valence-corrected chi connectivity index (χ3v) is 2.64. The van der Waals surface area contributed by atoms with Crippen molar-refractivity contribution >= 4 is 7.05 Å². The molecule has 15 heavy (non-hydrogen) atoms. The van der Waals surface area contributed by atoms with Crippen molar-refractivity contribution in [3.63, 3.8) is 0 Å². The maximum Gasteiger partial charge on any atom is 0.376 e. The summed E-state index contributed by atoms with van der Waals surface area (Å²) in [6.07, 6.45) is 0. The molecule has 1 aromatic rings. The summed E-state index contributed by atoms with van der Waals surface area (Å²) in [7, 11) is 1.36. The molecule has 1 rings (SSSR count). The Labute approximate surface area is 91.5 Å². The van der Waals surface area contributed by atoms with Gasteiger partial charge in [0, 0.05) is 5.92 Å². The number of hydrogen-bond acceptors (Lipinski definition) is 3. The molecule has 0 amide bonds. The summed E-state index contributed by atoms with van der Waals surface area (Å²) < 4.78 is 0. The fraction of sp³-hybridized carbons (Fsp3) is 0.455. The maximum absolute atomic E-state index is 9.36. The third kappa shape index (κ3) is 3.66. The zero-order chi connectivity index (χ0) is 11.3. The Morgan fingerprint density at radius 3 is 2.40 bits per heavy atom. The molecule has 82 valence electrons. The van der Waals surface area contributed by atoms with E-state index in [0.717, 1.165) is 5.56 Å². The lowest BCUT2D eigenvalue weighted by Crippen LogP contribution is -2.37. The van der Waals surface area contributed by atoms with Crippen LogP contribution in [0.2, 0.25) is 6.82 Å². The summed E-state index contributed by atoms with van der Waals surface area (Å²) in [6, 6.07) is 9.87. The number of hydrogen-bond donors (Lipinski definition) is 2. The lowest BCUT2D eigenvalue weighted by molar-refractivity contribution is 0.244. The van der Waals surface area contributed by atoms with Gasteiger partial charge in [0.1, 0.15) is 0 Å². The van der Waals surface area contributed by atoms with Gasteiger partial charge in [0.25, 0.3) is 0 Å². The highest BCUT2D eigenvalue weighted by molar-refractivity contribution is 6.45. The molecule has 0 aromatic heterocycles. The van der Waals surface area contributed by atoms with Gasteiger partial charge in [-0.05, 0) is 26.0 Å². The van der Waals surface area contributed by atoms with Crippen LogP contribution in [-0.4, -0.2) is 42.2 Å². The van der Waals surface area contributed by atoms with Crippen LogP contribution in [0.3, 0.4) is 0 Å². The summed E-state index contributed by atoms with van der Waals surface area (Å²) in [6.45, 7) is 2.47. The number of rotatable bonds is 5. The van der Waals surface area contributed by atoms with Crippen LogP contribution in [0.4, 0.5) is 0 Å². The second kappa shape index (κ2) is 5.90. The Hall–Kier alpha value is -0.835. The van der Waals surface area contributed by atoms with Crippen LogP contribution < -0.4 is 0 Å². The van der Waals surface area contributed by atoms with Gasteiger partial charge in [-0.15, -0.1) is 0 Å². The topological polar surface area (TPSA) is 43.7 Å². The number of nitrogens with zero attached hydrogens (tertiary/aromatic N) is 1. The van der Waals surface area contributed by atoms with Crippen LogP contribution >= 0.6 is 0 Å². The molecular weight excluding hydrogens is 189 g/mol. The number of benzene rings is 1. The Kier molecular flexibility index (Phi) is 4.82. The summed E-state index contributed by atoms with van der Waals surface area (Å²) in [5.41, 5.74) is 1.10. The zero-order valence-corrected chi connectivity index (χ0v) is 9.30. The van der Waals surface area contributed by atoms with Crippen molar-refractivity contribution in [1.82, 2.24) is 4.81 Å². The van der Waals surface area contributed by atoms with E-state index >= 15 is 0 Å². The average Bonchev–Trinajstić information content (AvgIpc) is 2.26. The minimum Gasteiger partial charge on any atom is -0.437 e. The van der Waals surface area contributed by atoms with Crippen LogP contribution in [0, 0.1) is 0 Å². The molecule has 0 saturated heterocycles. The van der Waals surface area contributed by atoms with E-state index in [2.05, 4.69) is 0 Å². The van der Waals surface area contributed by atoms with Gasteiger partial charge in [-0.1, -0.05) is 30.3 Å². The molecule has 1 unspecified atom stereocenters. The van der Waals surface area contributed by atoms with Gasteiger partial charge in [0.05, 0.1) is 6.61 Å². The van der Waals surface area contributed by atoms with E-state index < -0.39 is 7.05 Å². The second-order valence-electron chi connectivity index (χ2n) is 3.86. The Morgan fingerprint density at radius 2 is 1.93 bits per heavy atom. The highest BCUT2D eigenvalue weighted by atomic mass is 16.3. The molecule has 0 saturated carbocycles. The van der Waals surface area contributed by atoms with Crippen LogP contribution in [-0.2, 0) is 0 Å². The van der Waals surface area contributed by atoms with E-state index in [1.54, 1.807) is 6.82 Å². The van der Waals surface area contributed by atoms with Gasteiger partial charge in [-0.3, -0.25) is 0 Å². The fourth-order valence-electron chi connectivity index (χ4n) is 1.49. The standard InChI is InChI=1S/C11H18BNO2/c1-12(15)13(2)8-11(9-14)10-6-4-3-5-7-10/h3-7,11,14-15H,8-9H2,1-2H3. The highest BCUT2D eigenvalue weighted by Gasteiger charge is 2.17. The van der Waals surface area contributed by atoms with Crippen molar-refractivity contribution in [2.75, 3.05) is 20.2 Å². The summed E-state index contributed by atoms with van der Waals surface area (Å²) in [5.74, 6) is 0.0609. The van der Waals surface area contributed by atoms with E-state index in [9.17, 15) is 10.1 Å². The second-order valence-corrected chi connectivity index (χ2v) is 3.86. The quantitative estimate of drug-likeness (QED) is 0.702. The predicted octanol–water partition coefficient (Wildman–Crippen LogP) is 0.805. The molecule has 3 nitrogen and oxygen atoms in total. The van der Waals surface area contributed by atoms with Crippen molar-refractivity contribution in [3.8, 4) is 0 Å². The molecule has 0 bridgehead atoms. The molecule has 4 heteroatoms. The Balaban J connectivity index is 2.65. The summed E-state index contributed by atoms with van der Waals surface area (Å²) in [4.78, 5) is 1.81. The van der Waals surface area contributed by atoms with Gasteiger partial charge < -0.3 is 14.9 Å². The zero-order valence-electron chi connectivity index (χ0n) is 9.30. The molecule has 1 atom stereocenters. The van der Waals surface area contributed by atoms with Crippen molar-refractivity contribution in [3.05, 3.63) is 35.9 Å². The number of likely N-dealkylation sites (N-methyl/N-ethyl adjacent to an activating group) is 1. The lowest BCUT2D eigenvalue weighted by atomic mass is 9.84. The largest absolute Gasteiger partial charge is 0.437 e. The third-order valence-electron chi connectivity index (χ3n) is 2.64. The van der Waals surface area contributed by atoms with E-state index in [4.69, 9.17) is 0 Å². The maximum atomic E-state index is 9.36. The van der Waals surface area contributed by atoms with Crippen molar-refractivity contribution in [1.29, 1.82) is 0 Å². The molecule has 0 aliphatic heterocycles. The average molecular weight is 207 g/mol. The smallest absolute Gasteiger partial charge is 0.376 e. The number of aliphatic hydroxyl groups excluding tert-OH is 1. The van der Waals surface area contributed by atoms with E-state index in [1.165, 1.54) is 0 Å². The van der Waals surface area contributed by atoms with Gasteiger partial charge in [0.15, 0.2) is 0 Å². The molecule has 0 fully saturated rings. The molecule has 2 N–H and O–H groups in total. The van der Waals surface area contributed by atoms with Crippen molar-refractivity contribution in [2.24, 2.45) is 0 Å². The van der Waals surface area contributed by atoms with Gasteiger partial charge in [0.2, 0.25) is 0 Å². The van der Waals surface area contributed by atoms with Gasteiger partial charge >= 0.3 is 7.05 Å². The van der Waals surface area contributed by atoms with Crippen LogP contribution in [0.1, 0.15) is 11.5 Å².